The molecule has 1 fully saturated rings. The number of benzene rings is 1. The van der Waals surface area contributed by atoms with Gasteiger partial charge in [-0.05, 0) is 31.7 Å². The lowest BCUT2D eigenvalue weighted by atomic mass is 10.0. The van der Waals surface area contributed by atoms with Crippen molar-refractivity contribution in [1.82, 2.24) is 15.1 Å². The first-order chi connectivity index (χ1) is 10.6. The van der Waals surface area contributed by atoms with Gasteiger partial charge in [-0.3, -0.25) is 9.89 Å². The fourth-order valence-corrected chi connectivity index (χ4v) is 3.06. The molecule has 0 atom stereocenters. The van der Waals surface area contributed by atoms with Gasteiger partial charge in [-0.1, -0.05) is 30.3 Å². The highest BCUT2D eigenvalue weighted by Gasteiger charge is 2.40. The van der Waals surface area contributed by atoms with Crippen LogP contribution in [0.25, 0.3) is 11.3 Å². The van der Waals surface area contributed by atoms with E-state index in [2.05, 4.69) is 10.2 Å². The molecule has 22 heavy (non-hydrogen) atoms. The Bertz CT molecular complexity index is 645. The Morgan fingerprint density at radius 1 is 1.32 bits per heavy atom. The van der Waals surface area contributed by atoms with Crippen molar-refractivity contribution in [1.29, 1.82) is 0 Å². The highest BCUT2D eigenvalue weighted by molar-refractivity contribution is 5.85. The van der Waals surface area contributed by atoms with Crippen LogP contribution in [0.4, 0.5) is 0 Å². The van der Waals surface area contributed by atoms with Crippen LogP contribution in [0.2, 0.25) is 0 Å². The molecule has 1 aromatic heterocycles. The lowest BCUT2D eigenvalue weighted by Crippen LogP contribution is -2.45. The second-order valence-electron chi connectivity index (χ2n) is 6.04. The number of aromatic nitrogens is 2. The molecule has 0 bridgehead atoms. The van der Waals surface area contributed by atoms with Crippen molar-refractivity contribution in [3.63, 3.8) is 0 Å². The summed E-state index contributed by atoms with van der Waals surface area (Å²) in [4.78, 5) is 14.0. The molecule has 1 heterocycles. The van der Waals surface area contributed by atoms with Crippen LogP contribution in [-0.2, 0) is 11.3 Å². The molecule has 3 rings (SSSR count). The summed E-state index contributed by atoms with van der Waals surface area (Å²) in [6.07, 6.45) is 2.96. The van der Waals surface area contributed by atoms with E-state index in [1.54, 1.807) is 11.9 Å². The molecule has 0 aliphatic heterocycles. The maximum Gasteiger partial charge on any atom is 0.254 e. The summed E-state index contributed by atoms with van der Waals surface area (Å²) >= 11 is 0. The number of nitrogens with one attached hydrogen (secondary N) is 1. The molecule has 5 nitrogen and oxygen atoms in total. The van der Waals surface area contributed by atoms with Crippen molar-refractivity contribution in [3.05, 3.63) is 42.1 Å². The summed E-state index contributed by atoms with van der Waals surface area (Å²) in [5.74, 6) is -0.194. The molecular formula is C17H21N3O2. The molecule has 2 aromatic rings. The van der Waals surface area contributed by atoms with Crippen LogP contribution < -0.4 is 0 Å². The monoisotopic (exact) mass is 299 g/mol. The van der Waals surface area contributed by atoms with Crippen molar-refractivity contribution < 1.29 is 9.90 Å². The molecule has 1 aliphatic carbocycles. The van der Waals surface area contributed by atoms with Gasteiger partial charge in [-0.15, -0.1) is 0 Å². The largest absolute Gasteiger partial charge is 0.380 e. The van der Waals surface area contributed by atoms with E-state index in [-0.39, 0.29) is 5.91 Å². The molecule has 116 valence electrons. The van der Waals surface area contributed by atoms with E-state index in [9.17, 15) is 9.90 Å². The Hall–Kier alpha value is -2.14. The Morgan fingerprint density at radius 3 is 2.68 bits per heavy atom. The van der Waals surface area contributed by atoms with E-state index in [0.29, 0.717) is 19.4 Å². The third-order valence-corrected chi connectivity index (χ3v) is 4.28. The number of likely N-dealkylation sites (N-methyl/N-ethyl adjacent to an activating group) is 1. The Balaban J connectivity index is 1.68. The number of hydrogen-bond donors (Lipinski definition) is 2. The average Bonchev–Trinajstić information content (AvgIpc) is 3.17. The summed E-state index contributed by atoms with van der Waals surface area (Å²) in [5.41, 5.74) is 1.58. The van der Waals surface area contributed by atoms with E-state index in [0.717, 1.165) is 29.8 Å². The third kappa shape index (κ3) is 2.90. The van der Waals surface area contributed by atoms with E-state index in [1.165, 1.54) is 0 Å². The first-order valence-electron chi connectivity index (χ1n) is 7.66. The Labute approximate surface area is 130 Å². The quantitative estimate of drug-likeness (QED) is 0.910. The number of H-pyrrole nitrogens is 1. The van der Waals surface area contributed by atoms with Gasteiger partial charge in [0.05, 0.1) is 17.9 Å². The molecule has 5 heteroatoms. The van der Waals surface area contributed by atoms with Gasteiger partial charge in [0, 0.05) is 12.6 Å². The van der Waals surface area contributed by atoms with Crippen molar-refractivity contribution >= 4 is 5.91 Å². The van der Waals surface area contributed by atoms with Gasteiger partial charge >= 0.3 is 0 Å². The minimum Gasteiger partial charge on any atom is -0.380 e. The number of carbonyl (C=O) groups is 1. The van der Waals surface area contributed by atoms with Crippen molar-refractivity contribution in [2.75, 3.05) is 7.05 Å². The predicted molar refractivity (Wildman–Crippen MR) is 83.9 cm³/mol. The lowest BCUT2D eigenvalue weighted by molar-refractivity contribution is -0.149. The predicted octanol–water partition coefficient (Wildman–Crippen LogP) is 2.34. The SMILES string of the molecule is CN(Cc1cc(-c2ccccc2)n[nH]1)C(=O)C1(O)CCCC1. The van der Waals surface area contributed by atoms with Crippen LogP contribution in [0.15, 0.2) is 36.4 Å². The highest BCUT2D eigenvalue weighted by Crippen LogP contribution is 2.31. The third-order valence-electron chi connectivity index (χ3n) is 4.28. The Kier molecular flexibility index (Phi) is 3.98. The molecule has 0 unspecified atom stereocenters. The standard InChI is InChI=1S/C17H21N3O2/c1-20(16(21)17(22)9-5-6-10-17)12-14-11-15(19-18-14)13-7-3-2-4-8-13/h2-4,7-8,11,22H,5-6,9-10,12H2,1H3,(H,18,19). The second kappa shape index (κ2) is 5.93. The smallest absolute Gasteiger partial charge is 0.254 e. The zero-order chi connectivity index (χ0) is 15.6. The first-order valence-corrected chi connectivity index (χ1v) is 7.66. The zero-order valence-corrected chi connectivity index (χ0v) is 12.7. The summed E-state index contributed by atoms with van der Waals surface area (Å²) in [6, 6.07) is 11.8. The normalized spacial score (nSPS) is 16.6. The number of nitrogens with zero attached hydrogens (tertiary/aromatic N) is 2. The molecule has 1 aromatic carbocycles. The van der Waals surface area contributed by atoms with Crippen LogP contribution >= 0.6 is 0 Å². The van der Waals surface area contributed by atoms with Gasteiger partial charge in [-0.2, -0.15) is 5.10 Å². The molecule has 1 amide bonds. The number of aromatic amines is 1. The van der Waals surface area contributed by atoms with Gasteiger partial charge in [0.15, 0.2) is 0 Å². The van der Waals surface area contributed by atoms with E-state index < -0.39 is 5.60 Å². The fourth-order valence-electron chi connectivity index (χ4n) is 3.06. The maximum atomic E-state index is 12.4. The van der Waals surface area contributed by atoms with Crippen LogP contribution in [0, 0.1) is 0 Å². The maximum absolute atomic E-state index is 12.4. The Morgan fingerprint density at radius 2 is 2.00 bits per heavy atom. The average molecular weight is 299 g/mol. The van der Waals surface area contributed by atoms with Gasteiger partial charge < -0.3 is 10.0 Å². The number of aliphatic hydroxyl groups is 1. The number of hydrogen-bond acceptors (Lipinski definition) is 3. The topological polar surface area (TPSA) is 69.2 Å². The fraction of sp³-hybridized carbons (Fsp3) is 0.412. The molecule has 1 saturated carbocycles. The molecule has 2 N–H and O–H groups in total. The molecule has 0 saturated heterocycles. The summed E-state index contributed by atoms with van der Waals surface area (Å²) in [5, 5.41) is 17.6. The van der Waals surface area contributed by atoms with Gasteiger partial charge in [0.25, 0.3) is 5.91 Å². The van der Waals surface area contributed by atoms with Gasteiger partial charge in [-0.25, -0.2) is 0 Å². The van der Waals surface area contributed by atoms with Crippen LogP contribution in [0.5, 0.6) is 0 Å². The minimum atomic E-state index is -1.17. The van der Waals surface area contributed by atoms with Crippen LogP contribution in [0.1, 0.15) is 31.4 Å². The van der Waals surface area contributed by atoms with Gasteiger partial charge in [0.2, 0.25) is 0 Å². The highest BCUT2D eigenvalue weighted by atomic mass is 16.3. The summed E-state index contributed by atoms with van der Waals surface area (Å²) in [6.45, 7) is 0.418. The number of rotatable bonds is 4. The molecular weight excluding hydrogens is 278 g/mol. The van der Waals surface area contributed by atoms with Crippen molar-refractivity contribution in [3.8, 4) is 11.3 Å². The van der Waals surface area contributed by atoms with E-state index in [4.69, 9.17) is 0 Å². The number of carbonyl (C=O) groups excluding carboxylic acids is 1. The van der Waals surface area contributed by atoms with Crippen molar-refractivity contribution in [2.45, 2.75) is 37.8 Å². The zero-order valence-electron chi connectivity index (χ0n) is 12.7. The molecule has 0 spiro atoms. The lowest BCUT2D eigenvalue weighted by Gasteiger charge is -2.27. The molecule has 0 radical (unpaired) electrons. The van der Waals surface area contributed by atoms with Crippen LogP contribution in [0.3, 0.4) is 0 Å². The first kappa shape index (κ1) is 14.8. The van der Waals surface area contributed by atoms with Crippen LogP contribution in [-0.4, -0.2) is 38.8 Å². The van der Waals surface area contributed by atoms with E-state index >= 15 is 0 Å². The summed E-state index contributed by atoms with van der Waals surface area (Å²) in [7, 11) is 1.72. The van der Waals surface area contributed by atoms with Gasteiger partial charge in [0.1, 0.15) is 5.60 Å². The van der Waals surface area contributed by atoms with E-state index in [1.807, 2.05) is 36.4 Å². The molecule has 1 aliphatic rings. The van der Waals surface area contributed by atoms with Crippen molar-refractivity contribution in [2.24, 2.45) is 0 Å². The minimum absolute atomic E-state index is 0.194. The second-order valence-corrected chi connectivity index (χ2v) is 6.04. The number of amides is 1. The summed E-state index contributed by atoms with van der Waals surface area (Å²) < 4.78 is 0.